The molecular formula is C18H14ClN3. The fourth-order valence-corrected chi connectivity index (χ4v) is 2.98. The Morgan fingerprint density at radius 1 is 1.00 bits per heavy atom. The molecule has 0 aliphatic rings. The monoisotopic (exact) mass is 307 g/mol. The molecule has 3 nitrogen and oxygen atoms in total. The summed E-state index contributed by atoms with van der Waals surface area (Å²) in [6.07, 6.45) is 0. The van der Waals surface area contributed by atoms with Crippen molar-refractivity contribution in [2.45, 2.75) is 6.54 Å². The molecule has 2 aromatic carbocycles. The van der Waals surface area contributed by atoms with Crippen molar-refractivity contribution in [1.29, 1.82) is 0 Å². The Balaban J connectivity index is 1.92. The van der Waals surface area contributed by atoms with E-state index in [4.69, 9.17) is 17.3 Å². The second kappa shape index (κ2) is 5.13. The van der Waals surface area contributed by atoms with Gasteiger partial charge >= 0.3 is 0 Å². The number of hydrogen-bond acceptors (Lipinski definition) is 2. The van der Waals surface area contributed by atoms with Gasteiger partial charge in [0.1, 0.15) is 5.15 Å². The summed E-state index contributed by atoms with van der Waals surface area (Å²) in [7, 11) is 0. The quantitative estimate of drug-likeness (QED) is 0.536. The molecule has 0 aliphatic carbocycles. The maximum Gasteiger partial charge on any atom is 0.139 e. The first-order chi connectivity index (χ1) is 10.7. The summed E-state index contributed by atoms with van der Waals surface area (Å²) in [5.74, 6) is 0. The summed E-state index contributed by atoms with van der Waals surface area (Å²) < 4.78 is 0. The van der Waals surface area contributed by atoms with Gasteiger partial charge in [0.15, 0.2) is 0 Å². The SMILES string of the molecule is NCc1ccc2[nH]c(-c3cc4ccccc4nc3Cl)cc2c1. The molecule has 0 saturated heterocycles. The molecule has 2 aromatic heterocycles. The Kier molecular flexibility index (Phi) is 3.10. The number of nitrogens with two attached hydrogens (primary N) is 1. The average molecular weight is 308 g/mol. The van der Waals surface area contributed by atoms with Gasteiger partial charge in [0.2, 0.25) is 0 Å². The average Bonchev–Trinajstić information content (AvgIpc) is 2.96. The first-order valence-corrected chi connectivity index (χ1v) is 7.50. The van der Waals surface area contributed by atoms with Gasteiger partial charge in [-0.1, -0.05) is 35.9 Å². The maximum atomic E-state index is 6.37. The normalized spacial score (nSPS) is 11.4. The van der Waals surface area contributed by atoms with E-state index in [0.717, 1.165) is 38.6 Å². The second-order valence-corrected chi connectivity index (χ2v) is 5.69. The molecule has 0 saturated carbocycles. The zero-order valence-electron chi connectivity index (χ0n) is 11.8. The Morgan fingerprint density at radius 2 is 1.86 bits per heavy atom. The molecule has 3 N–H and O–H groups in total. The Hall–Kier alpha value is -2.36. The Morgan fingerprint density at radius 3 is 2.73 bits per heavy atom. The summed E-state index contributed by atoms with van der Waals surface area (Å²) in [4.78, 5) is 7.88. The number of H-pyrrole nitrogens is 1. The van der Waals surface area contributed by atoms with E-state index in [1.807, 2.05) is 36.4 Å². The highest BCUT2D eigenvalue weighted by Gasteiger charge is 2.10. The zero-order valence-corrected chi connectivity index (χ0v) is 12.6. The molecule has 108 valence electrons. The number of aromatic amines is 1. The zero-order chi connectivity index (χ0) is 15.1. The molecule has 2 heterocycles. The molecule has 22 heavy (non-hydrogen) atoms. The second-order valence-electron chi connectivity index (χ2n) is 5.33. The van der Waals surface area contributed by atoms with Gasteiger partial charge in [-0.2, -0.15) is 0 Å². The Bertz CT molecular complexity index is 988. The smallest absolute Gasteiger partial charge is 0.139 e. The van der Waals surface area contributed by atoms with Crippen LogP contribution in [-0.2, 0) is 6.54 Å². The molecule has 4 rings (SSSR count). The van der Waals surface area contributed by atoms with Crippen molar-refractivity contribution < 1.29 is 0 Å². The first-order valence-electron chi connectivity index (χ1n) is 7.12. The molecule has 0 spiro atoms. The number of nitrogens with one attached hydrogen (secondary N) is 1. The van der Waals surface area contributed by atoms with Crippen LogP contribution in [0.2, 0.25) is 5.15 Å². The summed E-state index contributed by atoms with van der Waals surface area (Å²) in [5.41, 5.74) is 10.7. The van der Waals surface area contributed by atoms with Crippen LogP contribution in [0.1, 0.15) is 5.56 Å². The van der Waals surface area contributed by atoms with Crippen LogP contribution >= 0.6 is 11.6 Å². The fraction of sp³-hybridized carbons (Fsp3) is 0.0556. The number of hydrogen-bond donors (Lipinski definition) is 2. The van der Waals surface area contributed by atoms with Crippen LogP contribution in [0.5, 0.6) is 0 Å². The number of rotatable bonds is 2. The largest absolute Gasteiger partial charge is 0.354 e. The van der Waals surface area contributed by atoms with Crippen molar-refractivity contribution in [3.05, 3.63) is 65.3 Å². The number of para-hydroxylation sites is 1. The minimum Gasteiger partial charge on any atom is -0.354 e. The van der Waals surface area contributed by atoms with Crippen LogP contribution in [0.25, 0.3) is 33.1 Å². The molecule has 0 bridgehead atoms. The number of benzene rings is 2. The summed E-state index contributed by atoms with van der Waals surface area (Å²) in [6, 6.07) is 18.3. The molecule has 4 aromatic rings. The van der Waals surface area contributed by atoms with Crippen molar-refractivity contribution in [2.24, 2.45) is 5.73 Å². The van der Waals surface area contributed by atoms with Gasteiger partial charge < -0.3 is 10.7 Å². The van der Waals surface area contributed by atoms with Gasteiger partial charge in [0.05, 0.1) is 5.52 Å². The van der Waals surface area contributed by atoms with E-state index in [1.54, 1.807) is 0 Å². The van der Waals surface area contributed by atoms with E-state index in [0.29, 0.717) is 11.7 Å². The standard InChI is InChI=1S/C18H14ClN3/c19-18-14(8-12-3-1-2-4-15(12)22-18)17-9-13-7-11(10-20)5-6-16(13)21-17/h1-9,21H,10,20H2. The van der Waals surface area contributed by atoms with Gasteiger partial charge in [-0.05, 0) is 35.9 Å². The summed E-state index contributed by atoms with van der Waals surface area (Å²) in [6.45, 7) is 0.536. The lowest BCUT2D eigenvalue weighted by molar-refractivity contribution is 1.08. The van der Waals surface area contributed by atoms with E-state index in [2.05, 4.69) is 28.2 Å². The van der Waals surface area contributed by atoms with Crippen LogP contribution in [0, 0.1) is 0 Å². The highest BCUT2D eigenvalue weighted by atomic mass is 35.5. The molecule has 0 aliphatic heterocycles. The fourth-order valence-electron chi connectivity index (χ4n) is 2.74. The number of nitrogens with zero attached hydrogens (tertiary/aromatic N) is 1. The Labute approximate surface area is 132 Å². The van der Waals surface area contributed by atoms with Crippen LogP contribution in [-0.4, -0.2) is 9.97 Å². The molecule has 0 unspecified atom stereocenters. The van der Waals surface area contributed by atoms with Gasteiger partial charge in [-0.25, -0.2) is 4.98 Å². The van der Waals surface area contributed by atoms with Crippen molar-refractivity contribution >= 4 is 33.4 Å². The lowest BCUT2D eigenvalue weighted by atomic mass is 10.1. The topological polar surface area (TPSA) is 54.7 Å². The number of halogens is 1. The number of aromatic nitrogens is 2. The van der Waals surface area contributed by atoms with E-state index < -0.39 is 0 Å². The number of fused-ring (bicyclic) bond motifs is 2. The van der Waals surface area contributed by atoms with E-state index in [1.165, 1.54) is 0 Å². The van der Waals surface area contributed by atoms with Crippen molar-refractivity contribution in [2.75, 3.05) is 0 Å². The van der Waals surface area contributed by atoms with Crippen LogP contribution in [0.3, 0.4) is 0 Å². The summed E-state index contributed by atoms with van der Waals surface area (Å²) >= 11 is 6.37. The van der Waals surface area contributed by atoms with Gasteiger partial charge in [0, 0.05) is 34.1 Å². The minimum absolute atomic E-state index is 0.504. The maximum absolute atomic E-state index is 6.37. The predicted octanol–water partition coefficient (Wildman–Crippen LogP) is 4.50. The van der Waals surface area contributed by atoms with Crippen LogP contribution < -0.4 is 5.73 Å². The highest BCUT2D eigenvalue weighted by Crippen LogP contribution is 2.31. The van der Waals surface area contributed by atoms with Crippen molar-refractivity contribution in [3.63, 3.8) is 0 Å². The van der Waals surface area contributed by atoms with E-state index in [9.17, 15) is 0 Å². The van der Waals surface area contributed by atoms with E-state index in [-0.39, 0.29) is 0 Å². The molecule has 0 atom stereocenters. The van der Waals surface area contributed by atoms with Crippen molar-refractivity contribution in [3.8, 4) is 11.3 Å². The molecule has 0 radical (unpaired) electrons. The first kappa shape index (κ1) is 13.3. The van der Waals surface area contributed by atoms with Crippen LogP contribution in [0.15, 0.2) is 54.6 Å². The lowest BCUT2D eigenvalue weighted by Gasteiger charge is -2.04. The summed E-state index contributed by atoms with van der Waals surface area (Å²) in [5, 5.41) is 2.70. The third-order valence-electron chi connectivity index (χ3n) is 3.89. The van der Waals surface area contributed by atoms with Gasteiger partial charge in [-0.15, -0.1) is 0 Å². The lowest BCUT2D eigenvalue weighted by Crippen LogP contribution is -1.94. The minimum atomic E-state index is 0.504. The van der Waals surface area contributed by atoms with Gasteiger partial charge in [0.25, 0.3) is 0 Å². The molecule has 0 amide bonds. The number of pyridine rings is 1. The molecular weight excluding hydrogens is 294 g/mol. The van der Waals surface area contributed by atoms with Crippen molar-refractivity contribution in [1.82, 2.24) is 9.97 Å². The highest BCUT2D eigenvalue weighted by molar-refractivity contribution is 6.32. The van der Waals surface area contributed by atoms with Gasteiger partial charge in [-0.3, -0.25) is 0 Å². The molecule has 4 heteroatoms. The molecule has 0 fully saturated rings. The predicted molar refractivity (Wildman–Crippen MR) is 91.9 cm³/mol. The van der Waals surface area contributed by atoms with Crippen LogP contribution in [0.4, 0.5) is 0 Å². The van der Waals surface area contributed by atoms with E-state index >= 15 is 0 Å². The third kappa shape index (κ3) is 2.15. The third-order valence-corrected chi connectivity index (χ3v) is 4.18.